The number of nitrogens with zero attached hydrogens (tertiary/aromatic N) is 3. The fourth-order valence-corrected chi connectivity index (χ4v) is 8.47. The highest BCUT2D eigenvalue weighted by Crippen LogP contribution is 2.56. The van der Waals surface area contributed by atoms with Crippen LogP contribution in [-0.2, 0) is 6.42 Å². The van der Waals surface area contributed by atoms with Crippen LogP contribution in [0.4, 0.5) is 17.1 Å². The number of aromatic nitrogens is 1. The minimum absolute atomic E-state index is 0.142. The molecule has 0 spiro atoms. The van der Waals surface area contributed by atoms with E-state index in [0.29, 0.717) is 0 Å². The molecule has 4 aliphatic heterocycles. The molecule has 1 aliphatic carbocycles. The van der Waals surface area contributed by atoms with E-state index in [1.807, 2.05) is 0 Å². The molecule has 0 radical (unpaired) electrons. The molecule has 0 bridgehead atoms. The minimum atomic E-state index is -0.177. The molecule has 234 valence electrons. The summed E-state index contributed by atoms with van der Waals surface area (Å²) in [5, 5.41) is 10.9. The van der Waals surface area contributed by atoms with Crippen molar-refractivity contribution in [2.24, 2.45) is 5.41 Å². The zero-order valence-corrected chi connectivity index (χ0v) is 27.2. The highest BCUT2D eigenvalue weighted by Gasteiger charge is 2.40. The smallest absolute Gasteiger partial charge is 0.118 e. The third kappa shape index (κ3) is 3.97. The number of anilines is 3. The number of hydrogen-bond donors (Lipinski definition) is 2. The molecule has 1 aromatic heterocycles. The van der Waals surface area contributed by atoms with Gasteiger partial charge in [-0.2, -0.15) is 0 Å². The first-order chi connectivity index (χ1) is 23.5. The van der Waals surface area contributed by atoms with E-state index < -0.39 is 0 Å². The Labute approximate surface area is 281 Å². The van der Waals surface area contributed by atoms with Gasteiger partial charge >= 0.3 is 0 Å². The molecule has 48 heavy (non-hydrogen) atoms. The monoisotopic (exact) mass is 623 g/mol. The molecule has 2 N–H and O–H groups in total. The maximum absolute atomic E-state index is 3.58. The van der Waals surface area contributed by atoms with E-state index >= 15 is 0 Å². The fourth-order valence-electron chi connectivity index (χ4n) is 8.47. The predicted molar refractivity (Wildman–Crippen MR) is 201 cm³/mol. The summed E-state index contributed by atoms with van der Waals surface area (Å²) in [7, 11) is 0. The van der Waals surface area contributed by atoms with E-state index in [2.05, 4.69) is 173 Å². The van der Waals surface area contributed by atoms with Gasteiger partial charge in [-0.25, -0.2) is 0 Å². The summed E-state index contributed by atoms with van der Waals surface area (Å²) < 4.78 is 2.31. The number of hydrogen-bond acceptors (Lipinski definition) is 4. The van der Waals surface area contributed by atoms with Gasteiger partial charge < -0.3 is 25.0 Å². The molecule has 5 aromatic rings. The molecule has 0 saturated carbocycles. The summed E-state index contributed by atoms with van der Waals surface area (Å²) in [6.45, 7) is 6.52. The van der Waals surface area contributed by atoms with Crippen molar-refractivity contribution >= 4 is 50.1 Å². The average molecular weight is 624 g/mol. The number of allylic oxidation sites excluding steroid dienone is 7. The highest BCUT2D eigenvalue weighted by atomic mass is 15.3. The molecular formula is C43H37N5. The molecule has 5 aliphatic rings. The molecule has 5 heterocycles. The second-order valence-electron chi connectivity index (χ2n) is 13.9. The summed E-state index contributed by atoms with van der Waals surface area (Å²) in [5.41, 5.74) is 12.8. The maximum atomic E-state index is 3.58. The van der Waals surface area contributed by atoms with Crippen molar-refractivity contribution in [3.05, 3.63) is 151 Å². The molecule has 0 amide bonds. The molecule has 0 fully saturated rings. The van der Waals surface area contributed by atoms with Gasteiger partial charge in [-0.05, 0) is 101 Å². The van der Waals surface area contributed by atoms with Gasteiger partial charge in [0.1, 0.15) is 12.0 Å². The molecule has 1 unspecified atom stereocenters. The van der Waals surface area contributed by atoms with Gasteiger partial charge in [0, 0.05) is 58.3 Å². The lowest BCUT2D eigenvalue weighted by atomic mass is 9.88. The number of dihydropyridines is 2. The summed E-state index contributed by atoms with van der Waals surface area (Å²) in [5.74, 6) is 1.11. The van der Waals surface area contributed by atoms with Crippen molar-refractivity contribution in [2.45, 2.75) is 26.4 Å². The van der Waals surface area contributed by atoms with Crippen LogP contribution in [0.25, 0.3) is 44.2 Å². The third-order valence-electron chi connectivity index (χ3n) is 10.7. The molecule has 5 nitrogen and oxygen atoms in total. The van der Waals surface area contributed by atoms with E-state index in [1.54, 1.807) is 0 Å². The highest BCUT2D eigenvalue weighted by molar-refractivity contribution is 6.07. The van der Waals surface area contributed by atoms with Crippen molar-refractivity contribution in [3.63, 3.8) is 0 Å². The SMILES string of the molecule is CC1(C)C=CC2=C1N(c1ccc3ccccc3c1)c1ccc3c(c1-c1cc4ccn(C5=CC=CCN5)c4cc12)CCN3C1C=CC=CN1. The first-order valence-electron chi connectivity index (χ1n) is 17.1. The van der Waals surface area contributed by atoms with E-state index in [4.69, 9.17) is 0 Å². The molecular weight excluding hydrogens is 587 g/mol. The Morgan fingerprint density at radius 2 is 1.73 bits per heavy atom. The summed E-state index contributed by atoms with van der Waals surface area (Å²) in [6, 6.07) is 27.6. The van der Waals surface area contributed by atoms with E-state index in [9.17, 15) is 0 Å². The molecule has 0 saturated heterocycles. The summed E-state index contributed by atoms with van der Waals surface area (Å²) in [6.07, 6.45) is 23.1. The lowest BCUT2D eigenvalue weighted by molar-refractivity contribution is 0.580. The predicted octanol–water partition coefficient (Wildman–Crippen LogP) is 9.24. The van der Waals surface area contributed by atoms with Crippen LogP contribution in [0.3, 0.4) is 0 Å². The Balaban J connectivity index is 1.28. The second-order valence-corrected chi connectivity index (χ2v) is 13.9. The first-order valence-corrected chi connectivity index (χ1v) is 17.1. The maximum Gasteiger partial charge on any atom is 0.118 e. The van der Waals surface area contributed by atoms with Gasteiger partial charge in [-0.3, -0.25) is 0 Å². The van der Waals surface area contributed by atoms with Crippen LogP contribution in [0.15, 0.2) is 139 Å². The number of benzene rings is 4. The van der Waals surface area contributed by atoms with E-state index in [1.165, 1.54) is 72.3 Å². The van der Waals surface area contributed by atoms with Crippen LogP contribution < -0.4 is 20.4 Å². The number of fused-ring (bicyclic) bond motifs is 8. The van der Waals surface area contributed by atoms with Crippen LogP contribution in [-0.4, -0.2) is 23.8 Å². The molecule has 5 heteroatoms. The molecule has 10 rings (SSSR count). The number of rotatable bonds is 3. The van der Waals surface area contributed by atoms with Crippen LogP contribution in [0.1, 0.15) is 25.0 Å². The van der Waals surface area contributed by atoms with Crippen molar-refractivity contribution in [3.8, 4) is 11.1 Å². The Morgan fingerprint density at radius 1 is 0.833 bits per heavy atom. The van der Waals surface area contributed by atoms with Crippen LogP contribution in [0.5, 0.6) is 0 Å². The van der Waals surface area contributed by atoms with Gasteiger partial charge in [-0.1, -0.05) is 74.6 Å². The van der Waals surface area contributed by atoms with Gasteiger partial charge in [0.25, 0.3) is 0 Å². The van der Waals surface area contributed by atoms with Gasteiger partial charge in [-0.15, -0.1) is 0 Å². The zero-order chi connectivity index (χ0) is 32.0. The summed E-state index contributed by atoms with van der Waals surface area (Å²) >= 11 is 0. The minimum Gasteiger partial charge on any atom is -0.368 e. The van der Waals surface area contributed by atoms with Gasteiger partial charge in [0.05, 0.1) is 11.2 Å². The topological polar surface area (TPSA) is 35.5 Å². The van der Waals surface area contributed by atoms with E-state index in [-0.39, 0.29) is 11.6 Å². The Morgan fingerprint density at radius 3 is 2.58 bits per heavy atom. The fraction of sp³-hybridized carbons (Fsp3) is 0.163. The largest absolute Gasteiger partial charge is 0.368 e. The number of nitrogens with one attached hydrogen (secondary N) is 2. The Kier molecular flexibility index (Phi) is 5.81. The lowest BCUT2D eigenvalue weighted by Gasteiger charge is -2.36. The zero-order valence-electron chi connectivity index (χ0n) is 27.2. The quantitative estimate of drug-likeness (QED) is 0.210. The van der Waals surface area contributed by atoms with Crippen molar-refractivity contribution < 1.29 is 0 Å². The van der Waals surface area contributed by atoms with Crippen LogP contribution in [0.2, 0.25) is 0 Å². The molecule has 1 atom stereocenters. The van der Waals surface area contributed by atoms with Gasteiger partial charge in [0.15, 0.2) is 0 Å². The third-order valence-corrected chi connectivity index (χ3v) is 10.7. The molecule has 4 aromatic carbocycles. The van der Waals surface area contributed by atoms with Crippen LogP contribution >= 0.6 is 0 Å². The average Bonchev–Trinajstić information content (AvgIpc) is 3.81. The Bertz CT molecular complexity index is 2380. The van der Waals surface area contributed by atoms with Crippen LogP contribution in [0, 0.1) is 5.41 Å². The second kappa shape index (κ2) is 10.2. The first kappa shape index (κ1) is 27.4. The Hall–Kier alpha value is -5.68. The van der Waals surface area contributed by atoms with Crippen molar-refractivity contribution in [1.82, 2.24) is 15.2 Å². The van der Waals surface area contributed by atoms with E-state index in [0.717, 1.165) is 25.3 Å². The van der Waals surface area contributed by atoms with Gasteiger partial charge in [0.2, 0.25) is 0 Å². The summed E-state index contributed by atoms with van der Waals surface area (Å²) in [4.78, 5) is 5.10. The standard InChI is InChI=1S/C43H37N5/c1-43(2)20-17-32-34-27-38-30(18-23-47(38)40-12-6-8-22-45-40)26-35(34)41-33-19-24-46(39-11-5-7-21-44-39)36(33)15-16-37(41)48(42(32)43)31-14-13-28-9-3-4-10-29(28)25-31/h3-18,20-21,23,25-27,39,44-45H,19,22,24H2,1-2H3. The van der Waals surface area contributed by atoms with Crippen molar-refractivity contribution in [1.29, 1.82) is 0 Å². The normalized spacial score (nSPS) is 20.0. The lowest BCUT2D eigenvalue weighted by Crippen LogP contribution is -2.42. The van der Waals surface area contributed by atoms with Crippen molar-refractivity contribution in [2.75, 3.05) is 22.9 Å².